The maximum Gasteiger partial charge on any atom is 0.315 e. The van der Waals surface area contributed by atoms with Gasteiger partial charge in [0, 0.05) is 13.1 Å². The van der Waals surface area contributed by atoms with Gasteiger partial charge in [-0.15, -0.1) is 0 Å². The van der Waals surface area contributed by atoms with Gasteiger partial charge in [-0.25, -0.2) is 4.79 Å². The van der Waals surface area contributed by atoms with Crippen LogP contribution in [0.1, 0.15) is 19.4 Å². The molecule has 22 heavy (non-hydrogen) atoms. The minimum atomic E-state index is -0.561. The van der Waals surface area contributed by atoms with E-state index in [9.17, 15) is 9.59 Å². The Balaban J connectivity index is 2.57. The Labute approximate surface area is 130 Å². The number of hydrogen-bond donors (Lipinski definition) is 3. The van der Waals surface area contributed by atoms with E-state index >= 15 is 0 Å². The molecule has 7 nitrogen and oxygen atoms in total. The van der Waals surface area contributed by atoms with Crippen molar-refractivity contribution in [3.05, 3.63) is 23.8 Å². The highest BCUT2D eigenvalue weighted by atomic mass is 16.5. The lowest BCUT2D eigenvalue weighted by Crippen LogP contribution is -2.37. The Bertz CT molecular complexity index is 518. The van der Waals surface area contributed by atoms with Gasteiger partial charge in [-0.2, -0.15) is 0 Å². The summed E-state index contributed by atoms with van der Waals surface area (Å²) in [7, 11) is 1.50. The first kappa shape index (κ1) is 17.6. The number of primary amides is 1. The van der Waals surface area contributed by atoms with Gasteiger partial charge in [-0.1, -0.05) is 19.9 Å². The molecule has 3 amide bonds. The summed E-state index contributed by atoms with van der Waals surface area (Å²) >= 11 is 0. The van der Waals surface area contributed by atoms with E-state index in [0.29, 0.717) is 30.5 Å². The molecule has 0 aliphatic carbocycles. The van der Waals surface area contributed by atoms with Gasteiger partial charge in [0.25, 0.3) is 5.91 Å². The third-order valence-electron chi connectivity index (χ3n) is 2.72. The summed E-state index contributed by atoms with van der Waals surface area (Å²) in [5, 5.41) is 5.52. The summed E-state index contributed by atoms with van der Waals surface area (Å²) in [6, 6.07) is 4.97. The first-order valence-corrected chi connectivity index (χ1v) is 7.02. The first-order valence-electron chi connectivity index (χ1n) is 7.02. The number of amides is 3. The molecular formula is C15H23N3O4. The topological polar surface area (TPSA) is 103 Å². The molecule has 0 fully saturated rings. The van der Waals surface area contributed by atoms with E-state index in [4.69, 9.17) is 15.2 Å². The van der Waals surface area contributed by atoms with Gasteiger partial charge in [-0.05, 0) is 23.6 Å². The van der Waals surface area contributed by atoms with Crippen molar-refractivity contribution in [3.8, 4) is 11.5 Å². The number of benzene rings is 1. The molecule has 0 atom stereocenters. The molecule has 4 N–H and O–H groups in total. The standard InChI is InChI=1S/C15H23N3O4/c1-10(2)7-17-15(20)18-8-11-4-5-12(13(6-11)21-3)22-9-14(16)19/h4-6,10H,7-9H2,1-3H3,(H2,16,19)(H2,17,18,20). The van der Waals surface area contributed by atoms with Crippen LogP contribution in [0.15, 0.2) is 18.2 Å². The SMILES string of the molecule is COc1cc(CNC(=O)NCC(C)C)ccc1OCC(N)=O. The monoisotopic (exact) mass is 309 g/mol. The average molecular weight is 309 g/mol. The van der Waals surface area contributed by atoms with Crippen LogP contribution in [0.4, 0.5) is 4.79 Å². The lowest BCUT2D eigenvalue weighted by molar-refractivity contribution is -0.119. The maximum absolute atomic E-state index is 11.6. The van der Waals surface area contributed by atoms with E-state index in [1.165, 1.54) is 7.11 Å². The molecule has 0 bridgehead atoms. The number of methoxy groups -OCH3 is 1. The zero-order valence-electron chi connectivity index (χ0n) is 13.1. The molecule has 0 heterocycles. The molecule has 1 aromatic rings. The Hall–Kier alpha value is -2.44. The average Bonchev–Trinajstić information content (AvgIpc) is 2.48. The molecule has 0 radical (unpaired) electrons. The molecule has 122 valence electrons. The van der Waals surface area contributed by atoms with Crippen LogP contribution in [0.25, 0.3) is 0 Å². The largest absolute Gasteiger partial charge is 0.493 e. The Morgan fingerprint density at radius 1 is 1.23 bits per heavy atom. The van der Waals surface area contributed by atoms with E-state index in [-0.39, 0.29) is 12.6 Å². The number of nitrogens with one attached hydrogen (secondary N) is 2. The lowest BCUT2D eigenvalue weighted by atomic mass is 10.2. The van der Waals surface area contributed by atoms with Gasteiger partial charge in [-0.3, -0.25) is 4.79 Å². The number of urea groups is 1. The number of carbonyl (C=O) groups is 2. The van der Waals surface area contributed by atoms with Crippen molar-refractivity contribution in [2.75, 3.05) is 20.3 Å². The van der Waals surface area contributed by atoms with Crippen molar-refractivity contribution in [1.82, 2.24) is 10.6 Å². The molecule has 0 aromatic heterocycles. The van der Waals surface area contributed by atoms with Crippen molar-refractivity contribution < 1.29 is 19.1 Å². The van der Waals surface area contributed by atoms with Crippen molar-refractivity contribution in [2.45, 2.75) is 20.4 Å². The highest BCUT2D eigenvalue weighted by Gasteiger charge is 2.08. The minimum absolute atomic E-state index is 0.217. The maximum atomic E-state index is 11.6. The lowest BCUT2D eigenvalue weighted by Gasteiger charge is -2.12. The van der Waals surface area contributed by atoms with Gasteiger partial charge in [0.05, 0.1) is 7.11 Å². The van der Waals surface area contributed by atoms with Crippen LogP contribution < -0.4 is 25.8 Å². The summed E-state index contributed by atoms with van der Waals surface area (Å²) < 4.78 is 10.4. The van der Waals surface area contributed by atoms with Crippen molar-refractivity contribution in [2.24, 2.45) is 11.7 Å². The van der Waals surface area contributed by atoms with E-state index < -0.39 is 5.91 Å². The normalized spacial score (nSPS) is 10.2. The Morgan fingerprint density at radius 2 is 1.95 bits per heavy atom. The zero-order valence-corrected chi connectivity index (χ0v) is 13.1. The smallest absolute Gasteiger partial charge is 0.315 e. The third-order valence-corrected chi connectivity index (χ3v) is 2.72. The second-order valence-electron chi connectivity index (χ2n) is 5.20. The molecule has 0 aliphatic rings. The first-order chi connectivity index (χ1) is 10.4. The van der Waals surface area contributed by atoms with Gasteiger partial charge in [0.2, 0.25) is 0 Å². The van der Waals surface area contributed by atoms with E-state index in [0.717, 1.165) is 5.56 Å². The summed E-state index contributed by atoms with van der Waals surface area (Å²) in [5.74, 6) is 0.736. The summed E-state index contributed by atoms with van der Waals surface area (Å²) in [5.41, 5.74) is 5.88. The van der Waals surface area contributed by atoms with Crippen LogP contribution in [0.2, 0.25) is 0 Å². The number of nitrogens with two attached hydrogens (primary N) is 1. The second-order valence-corrected chi connectivity index (χ2v) is 5.20. The molecule has 0 spiro atoms. The van der Waals surface area contributed by atoms with Crippen molar-refractivity contribution in [3.63, 3.8) is 0 Å². The molecule has 0 saturated carbocycles. The fourth-order valence-electron chi connectivity index (χ4n) is 1.63. The molecule has 0 saturated heterocycles. The molecule has 1 rings (SSSR count). The van der Waals surface area contributed by atoms with Gasteiger partial charge in [0.1, 0.15) is 0 Å². The van der Waals surface area contributed by atoms with Crippen LogP contribution in [0.3, 0.4) is 0 Å². The molecule has 0 unspecified atom stereocenters. The molecule has 7 heteroatoms. The Kier molecular flexibility index (Phi) is 7.01. The van der Waals surface area contributed by atoms with E-state index in [1.54, 1.807) is 18.2 Å². The molecule has 0 aliphatic heterocycles. The molecular weight excluding hydrogens is 286 g/mol. The van der Waals surface area contributed by atoms with Crippen molar-refractivity contribution >= 4 is 11.9 Å². The van der Waals surface area contributed by atoms with Gasteiger partial charge in [0.15, 0.2) is 18.1 Å². The highest BCUT2D eigenvalue weighted by Crippen LogP contribution is 2.27. The number of ether oxygens (including phenoxy) is 2. The highest BCUT2D eigenvalue weighted by molar-refractivity contribution is 5.75. The van der Waals surface area contributed by atoms with Crippen LogP contribution in [0, 0.1) is 5.92 Å². The van der Waals surface area contributed by atoms with Crippen LogP contribution in [0.5, 0.6) is 11.5 Å². The quantitative estimate of drug-likeness (QED) is 0.667. The fraction of sp³-hybridized carbons (Fsp3) is 0.467. The predicted octanol–water partition coefficient (Wildman–Crippen LogP) is 1.01. The third kappa shape index (κ3) is 6.34. The minimum Gasteiger partial charge on any atom is -0.493 e. The predicted molar refractivity (Wildman–Crippen MR) is 82.8 cm³/mol. The fourth-order valence-corrected chi connectivity index (χ4v) is 1.63. The van der Waals surface area contributed by atoms with Gasteiger partial charge < -0.3 is 25.8 Å². The Morgan fingerprint density at radius 3 is 2.55 bits per heavy atom. The summed E-state index contributed by atoms with van der Waals surface area (Å²) in [6.07, 6.45) is 0. The van der Waals surface area contributed by atoms with E-state index in [2.05, 4.69) is 10.6 Å². The number of carbonyl (C=O) groups excluding carboxylic acids is 2. The summed E-state index contributed by atoms with van der Waals surface area (Å²) in [4.78, 5) is 22.3. The van der Waals surface area contributed by atoms with Crippen LogP contribution in [-0.2, 0) is 11.3 Å². The van der Waals surface area contributed by atoms with Crippen LogP contribution >= 0.6 is 0 Å². The van der Waals surface area contributed by atoms with Crippen LogP contribution in [-0.4, -0.2) is 32.2 Å². The number of rotatable bonds is 8. The summed E-state index contributed by atoms with van der Waals surface area (Å²) in [6.45, 7) is 4.81. The van der Waals surface area contributed by atoms with Gasteiger partial charge >= 0.3 is 6.03 Å². The van der Waals surface area contributed by atoms with E-state index in [1.807, 2.05) is 13.8 Å². The van der Waals surface area contributed by atoms with Crippen molar-refractivity contribution in [1.29, 1.82) is 0 Å². The number of hydrogen-bond acceptors (Lipinski definition) is 4. The zero-order chi connectivity index (χ0) is 16.5. The second kappa shape index (κ2) is 8.76. The molecule has 1 aromatic carbocycles.